The van der Waals surface area contributed by atoms with Crippen LogP contribution in [0.25, 0.3) is 0 Å². The Kier molecular flexibility index (Phi) is 5.17. The maximum absolute atomic E-state index is 13.3. The fourth-order valence-corrected chi connectivity index (χ4v) is 3.10. The molecular weight excluding hydrogens is 333 g/mol. The molecule has 0 aliphatic carbocycles. The van der Waals surface area contributed by atoms with Gasteiger partial charge in [0.1, 0.15) is 5.82 Å². The molecule has 0 fully saturated rings. The molecule has 1 aromatic heterocycles. The molecule has 1 N–H and O–H groups in total. The van der Waals surface area contributed by atoms with E-state index in [1.165, 1.54) is 6.07 Å². The second-order valence-corrected chi connectivity index (χ2v) is 6.00. The molecule has 0 radical (unpaired) electrons. The molecular formula is C16H21BrFN3. The number of benzene rings is 1. The van der Waals surface area contributed by atoms with Gasteiger partial charge in [0, 0.05) is 19.0 Å². The van der Waals surface area contributed by atoms with E-state index in [1.807, 2.05) is 31.6 Å². The second kappa shape index (κ2) is 6.71. The van der Waals surface area contributed by atoms with Crippen LogP contribution in [0.5, 0.6) is 0 Å². The first-order valence-electron chi connectivity index (χ1n) is 7.13. The molecule has 21 heavy (non-hydrogen) atoms. The molecule has 0 bridgehead atoms. The number of nitrogens with one attached hydrogen (secondary N) is 1. The Labute approximate surface area is 133 Å². The number of hydrogen-bond acceptors (Lipinski definition) is 2. The van der Waals surface area contributed by atoms with E-state index >= 15 is 0 Å². The van der Waals surface area contributed by atoms with Crippen molar-refractivity contribution in [2.45, 2.75) is 39.8 Å². The van der Waals surface area contributed by atoms with Gasteiger partial charge in [-0.15, -0.1) is 0 Å². The van der Waals surface area contributed by atoms with Crippen LogP contribution in [0.4, 0.5) is 4.39 Å². The molecule has 0 amide bonds. The van der Waals surface area contributed by atoms with E-state index in [0.29, 0.717) is 0 Å². The Morgan fingerprint density at radius 1 is 1.38 bits per heavy atom. The summed E-state index contributed by atoms with van der Waals surface area (Å²) in [5.41, 5.74) is 4.24. The van der Waals surface area contributed by atoms with Gasteiger partial charge in [-0.25, -0.2) is 4.39 Å². The van der Waals surface area contributed by atoms with E-state index in [-0.39, 0.29) is 11.9 Å². The van der Waals surface area contributed by atoms with Crippen molar-refractivity contribution in [1.29, 1.82) is 0 Å². The predicted molar refractivity (Wildman–Crippen MR) is 87.0 cm³/mol. The molecule has 0 spiro atoms. The van der Waals surface area contributed by atoms with Crippen LogP contribution in [-0.4, -0.2) is 16.8 Å². The van der Waals surface area contributed by atoms with E-state index in [0.717, 1.165) is 40.0 Å². The summed E-state index contributed by atoms with van der Waals surface area (Å²) in [6.45, 7) is 6.86. The maximum Gasteiger partial charge on any atom is 0.123 e. The highest BCUT2D eigenvalue weighted by Gasteiger charge is 2.19. The first kappa shape index (κ1) is 16.2. The number of aryl methyl sites for hydroxylation is 3. The van der Waals surface area contributed by atoms with Crippen LogP contribution < -0.4 is 5.32 Å². The summed E-state index contributed by atoms with van der Waals surface area (Å²) in [5.74, 6) is -0.193. The first-order valence-corrected chi connectivity index (χ1v) is 7.92. The summed E-state index contributed by atoms with van der Waals surface area (Å²) in [5, 5.41) is 7.86. The van der Waals surface area contributed by atoms with Gasteiger partial charge >= 0.3 is 0 Å². The quantitative estimate of drug-likeness (QED) is 0.882. The largest absolute Gasteiger partial charge is 0.313 e. The molecule has 0 saturated heterocycles. The van der Waals surface area contributed by atoms with Gasteiger partial charge in [-0.1, -0.05) is 6.07 Å². The highest BCUT2D eigenvalue weighted by atomic mass is 79.9. The third kappa shape index (κ3) is 3.35. The van der Waals surface area contributed by atoms with Crippen molar-refractivity contribution in [1.82, 2.24) is 15.1 Å². The monoisotopic (exact) mass is 353 g/mol. The topological polar surface area (TPSA) is 29.9 Å². The van der Waals surface area contributed by atoms with Gasteiger partial charge in [-0.3, -0.25) is 4.68 Å². The van der Waals surface area contributed by atoms with E-state index in [9.17, 15) is 4.39 Å². The number of halogens is 2. The second-order valence-electron chi connectivity index (χ2n) is 5.21. The molecule has 1 atom stereocenters. The Hall–Kier alpha value is -1.20. The average Bonchev–Trinajstić information content (AvgIpc) is 2.72. The summed E-state index contributed by atoms with van der Waals surface area (Å²) < 4.78 is 16.4. The normalized spacial score (nSPS) is 12.7. The summed E-state index contributed by atoms with van der Waals surface area (Å²) in [6, 6.07) is 5.09. The van der Waals surface area contributed by atoms with Gasteiger partial charge in [-0.05, 0) is 67.0 Å². The van der Waals surface area contributed by atoms with Gasteiger partial charge in [0.15, 0.2) is 0 Å². The smallest absolute Gasteiger partial charge is 0.123 e. The molecule has 1 aromatic carbocycles. The lowest BCUT2D eigenvalue weighted by Gasteiger charge is -2.20. The lowest BCUT2D eigenvalue weighted by atomic mass is 9.97. The van der Waals surface area contributed by atoms with Crippen LogP contribution in [-0.2, 0) is 13.0 Å². The van der Waals surface area contributed by atoms with Crippen molar-refractivity contribution in [2.75, 3.05) is 7.05 Å². The lowest BCUT2D eigenvalue weighted by Crippen LogP contribution is -2.21. The SMILES string of the molecule is CCn1nc(C)c(Br)c1CC(NC)c1ccc(F)cc1C. The molecule has 1 heterocycles. The number of likely N-dealkylation sites (N-methyl/N-ethyl adjacent to an activating group) is 1. The van der Waals surface area contributed by atoms with Crippen molar-refractivity contribution in [3.63, 3.8) is 0 Å². The molecule has 114 valence electrons. The zero-order valence-corrected chi connectivity index (χ0v) is 14.5. The third-order valence-electron chi connectivity index (χ3n) is 3.81. The molecule has 3 nitrogen and oxygen atoms in total. The van der Waals surface area contributed by atoms with Gasteiger partial charge in [-0.2, -0.15) is 5.10 Å². The maximum atomic E-state index is 13.3. The van der Waals surface area contributed by atoms with Crippen molar-refractivity contribution >= 4 is 15.9 Å². The van der Waals surface area contributed by atoms with E-state index in [4.69, 9.17) is 0 Å². The lowest BCUT2D eigenvalue weighted by molar-refractivity contribution is 0.536. The Morgan fingerprint density at radius 2 is 2.10 bits per heavy atom. The molecule has 0 aliphatic rings. The van der Waals surface area contributed by atoms with Crippen LogP contribution in [0.15, 0.2) is 22.7 Å². The minimum atomic E-state index is -0.193. The summed E-state index contributed by atoms with van der Waals surface area (Å²) >= 11 is 3.63. The van der Waals surface area contributed by atoms with Crippen LogP contribution >= 0.6 is 15.9 Å². The fourth-order valence-electron chi connectivity index (χ4n) is 2.65. The van der Waals surface area contributed by atoms with Crippen LogP contribution in [0.3, 0.4) is 0 Å². The first-order chi connectivity index (χ1) is 9.97. The molecule has 0 saturated carbocycles. The Bertz CT molecular complexity index is 637. The Morgan fingerprint density at radius 3 is 2.67 bits per heavy atom. The zero-order valence-electron chi connectivity index (χ0n) is 12.9. The highest BCUT2D eigenvalue weighted by Crippen LogP contribution is 2.28. The number of rotatable bonds is 5. The number of hydrogen-bond donors (Lipinski definition) is 1. The molecule has 5 heteroatoms. The fraction of sp³-hybridized carbons (Fsp3) is 0.438. The van der Waals surface area contributed by atoms with E-state index in [1.54, 1.807) is 6.07 Å². The predicted octanol–water partition coefficient (Wildman–Crippen LogP) is 3.92. The standard InChI is InChI=1S/C16H21BrFN3/c1-5-21-15(16(17)11(3)20-21)9-14(19-4)13-7-6-12(18)8-10(13)2/h6-8,14,19H,5,9H2,1-4H3. The van der Waals surface area contributed by atoms with Crippen molar-refractivity contribution in [3.8, 4) is 0 Å². The minimum Gasteiger partial charge on any atom is -0.313 e. The van der Waals surface area contributed by atoms with Gasteiger partial charge in [0.25, 0.3) is 0 Å². The summed E-state index contributed by atoms with van der Waals surface area (Å²) in [6.07, 6.45) is 0.804. The third-order valence-corrected chi connectivity index (χ3v) is 4.84. The van der Waals surface area contributed by atoms with Gasteiger partial charge < -0.3 is 5.32 Å². The molecule has 1 unspecified atom stereocenters. The minimum absolute atomic E-state index is 0.128. The van der Waals surface area contributed by atoms with E-state index in [2.05, 4.69) is 33.3 Å². The number of aromatic nitrogens is 2. The highest BCUT2D eigenvalue weighted by molar-refractivity contribution is 9.10. The van der Waals surface area contributed by atoms with Crippen molar-refractivity contribution in [2.24, 2.45) is 0 Å². The van der Waals surface area contributed by atoms with Crippen LogP contribution in [0.2, 0.25) is 0 Å². The zero-order chi connectivity index (χ0) is 15.6. The van der Waals surface area contributed by atoms with Crippen molar-refractivity contribution < 1.29 is 4.39 Å². The van der Waals surface area contributed by atoms with Crippen molar-refractivity contribution in [3.05, 3.63) is 51.0 Å². The van der Waals surface area contributed by atoms with Gasteiger partial charge in [0.05, 0.1) is 15.9 Å². The summed E-state index contributed by atoms with van der Waals surface area (Å²) in [7, 11) is 1.93. The van der Waals surface area contributed by atoms with E-state index < -0.39 is 0 Å². The summed E-state index contributed by atoms with van der Waals surface area (Å²) in [4.78, 5) is 0. The van der Waals surface area contributed by atoms with Crippen LogP contribution in [0.1, 0.15) is 35.5 Å². The van der Waals surface area contributed by atoms with Gasteiger partial charge in [0.2, 0.25) is 0 Å². The average molecular weight is 354 g/mol. The number of nitrogens with zero attached hydrogens (tertiary/aromatic N) is 2. The Balaban J connectivity index is 2.35. The van der Waals surface area contributed by atoms with Crippen LogP contribution in [0, 0.1) is 19.7 Å². The molecule has 2 aromatic rings. The molecule has 0 aliphatic heterocycles. The molecule has 2 rings (SSSR count).